The Bertz CT molecular complexity index is 142. The molecule has 0 unspecified atom stereocenters. The molecule has 0 heterocycles. The Morgan fingerprint density at radius 3 is 2.55 bits per heavy atom. The lowest BCUT2D eigenvalue weighted by Gasteiger charge is -2.28. The Kier molecular flexibility index (Phi) is 3.09. The summed E-state index contributed by atoms with van der Waals surface area (Å²) < 4.78 is 0. The lowest BCUT2D eigenvalue weighted by atomic mass is 9.82. The van der Waals surface area contributed by atoms with Crippen molar-refractivity contribution in [1.29, 1.82) is 0 Å². The minimum Gasteiger partial charge on any atom is -0.393 e. The molecule has 1 saturated carbocycles. The topological polar surface area (TPSA) is 40.5 Å². The van der Waals surface area contributed by atoms with E-state index in [1.54, 1.807) is 0 Å². The molecule has 2 atom stereocenters. The summed E-state index contributed by atoms with van der Waals surface area (Å²) in [4.78, 5) is 0. The summed E-state index contributed by atoms with van der Waals surface area (Å²) in [6.45, 7) is 3.75. The van der Waals surface area contributed by atoms with Crippen LogP contribution in [0.1, 0.15) is 25.7 Å². The van der Waals surface area contributed by atoms with Gasteiger partial charge in [0.05, 0.1) is 12.7 Å². The molecule has 0 spiro atoms. The third-order valence-corrected chi connectivity index (χ3v) is 2.46. The van der Waals surface area contributed by atoms with Crippen LogP contribution in [0.4, 0.5) is 0 Å². The molecule has 0 aromatic carbocycles. The lowest BCUT2D eigenvalue weighted by Crippen LogP contribution is -2.26. The first kappa shape index (κ1) is 8.75. The van der Waals surface area contributed by atoms with Crippen LogP contribution >= 0.6 is 0 Å². The molecule has 2 heteroatoms. The molecular weight excluding hydrogens is 140 g/mol. The largest absolute Gasteiger partial charge is 0.393 e. The molecule has 11 heavy (non-hydrogen) atoms. The normalized spacial score (nSPS) is 31.8. The van der Waals surface area contributed by atoms with Crippen molar-refractivity contribution < 1.29 is 10.2 Å². The molecule has 2 nitrogen and oxygen atoms in total. The van der Waals surface area contributed by atoms with E-state index >= 15 is 0 Å². The van der Waals surface area contributed by atoms with E-state index in [2.05, 4.69) is 6.58 Å². The quantitative estimate of drug-likeness (QED) is 0.587. The average Bonchev–Trinajstić information content (AvgIpc) is 2.04. The molecule has 1 aliphatic rings. The van der Waals surface area contributed by atoms with Gasteiger partial charge < -0.3 is 10.2 Å². The van der Waals surface area contributed by atoms with Gasteiger partial charge in [-0.15, -0.1) is 0 Å². The first-order valence-corrected chi connectivity index (χ1v) is 4.22. The molecule has 0 radical (unpaired) electrons. The van der Waals surface area contributed by atoms with Gasteiger partial charge in [0.25, 0.3) is 0 Å². The van der Waals surface area contributed by atoms with Gasteiger partial charge in [-0.25, -0.2) is 0 Å². The molecule has 64 valence electrons. The zero-order valence-electron chi connectivity index (χ0n) is 6.79. The van der Waals surface area contributed by atoms with E-state index in [1.165, 1.54) is 0 Å². The van der Waals surface area contributed by atoms with Crippen LogP contribution in [0.2, 0.25) is 0 Å². The van der Waals surface area contributed by atoms with Crippen LogP contribution in [0.25, 0.3) is 0 Å². The standard InChI is InChI=1S/C9H16O2/c1-7(6-10)8-4-2-3-5-9(8)11/h8-11H,1-6H2/t8-,9+/m0/s1. The summed E-state index contributed by atoms with van der Waals surface area (Å²) >= 11 is 0. The smallest absolute Gasteiger partial charge is 0.0642 e. The summed E-state index contributed by atoms with van der Waals surface area (Å²) in [6.07, 6.45) is 3.85. The van der Waals surface area contributed by atoms with Gasteiger partial charge in [0.2, 0.25) is 0 Å². The second-order valence-electron chi connectivity index (χ2n) is 3.27. The lowest BCUT2D eigenvalue weighted by molar-refractivity contribution is 0.0817. The molecule has 0 amide bonds. The predicted octanol–water partition coefficient (Wildman–Crippen LogP) is 1.09. The zero-order valence-corrected chi connectivity index (χ0v) is 6.79. The van der Waals surface area contributed by atoms with Gasteiger partial charge in [0.1, 0.15) is 0 Å². The van der Waals surface area contributed by atoms with E-state index in [1.807, 2.05) is 0 Å². The monoisotopic (exact) mass is 156 g/mol. The third kappa shape index (κ3) is 2.04. The van der Waals surface area contributed by atoms with Crippen LogP contribution in [-0.2, 0) is 0 Å². The molecule has 0 bridgehead atoms. The fourth-order valence-electron chi connectivity index (χ4n) is 1.70. The highest BCUT2D eigenvalue weighted by atomic mass is 16.3. The van der Waals surface area contributed by atoms with Crippen LogP contribution < -0.4 is 0 Å². The van der Waals surface area contributed by atoms with Crippen LogP contribution in [-0.4, -0.2) is 22.9 Å². The van der Waals surface area contributed by atoms with Gasteiger partial charge in [-0.1, -0.05) is 19.4 Å². The molecule has 1 rings (SSSR count). The number of aliphatic hydroxyl groups excluding tert-OH is 2. The maximum atomic E-state index is 9.50. The highest BCUT2D eigenvalue weighted by molar-refractivity contribution is 5.04. The summed E-state index contributed by atoms with van der Waals surface area (Å²) in [7, 11) is 0. The summed E-state index contributed by atoms with van der Waals surface area (Å²) in [5.74, 6) is 0.147. The molecule has 0 saturated heterocycles. The van der Waals surface area contributed by atoms with Gasteiger partial charge >= 0.3 is 0 Å². The fraction of sp³-hybridized carbons (Fsp3) is 0.778. The fourth-order valence-corrected chi connectivity index (χ4v) is 1.70. The van der Waals surface area contributed by atoms with Gasteiger partial charge in [0, 0.05) is 5.92 Å². The number of rotatable bonds is 2. The van der Waals surface area contributed by atoms with Gasteiger partial charge in [-0.3, -0.25) is 0 Å². The maximum absolute atomic E-state index is 9.50. The highest BCUT2D eigenvalue weighted by Crippen LogP contribution is 2.28. The first-order valence-electron chi connectivity index (χ1n) is 4.22. The Morgan fingerprint density at radius 1 is 1.36 bits per heavy atom. The SMILES string of the molecule is C=C(CO)[C@@H]1CCCC[C@H]1O. The van der Waals surface area contributed by atoms with Crippen molar-refractivity contribution in [3.05, 3.63) is 12.2 Å². The number of hydrogen-bond acceptors (Lipinski definition) is 2. The van der Waals surface area contributed by atoms with Crippen LogP contribution in [0.3, 0.4) is 0 Å². The van der Waals surface area contributed by atoms with Crippen LogP contribution in [0, 0.1) is 5.92 Å². The van der Waals surface area contributed by atoms with Crippen molar-refractivity contribution >= 4 is 0 Å². The average molecular weight is 156 g/mol. The number of aliphatic hydroxyl groups is 2. The minimum atomic E-state index is -0.261. The number of hydrogen-bond donors (Lipinski definition) is 2. The van der Waals surface area contributed by atoms with Crippen molar-refractivity contribution in [3.63, 3.8) is 0 Å². The molecule has 0 aromatic heterocycles. The summed E-state index contributed by atoms with van der Waals surface area (Å²) in [5.41, 5.74) is 0.789. The van der Waals surface area contributed by atoms with E-state index in [9.17, 15) is 5.11 Å². The van der Waals surface area contributed by atoms with Gasteiger partial charge in [-0.2, -0.15) is 0 Å². The Hall–Kier alpha value is -0.340. The molecule has 0 aliphatic heterocycles. The van der Waals surface area contributed by atoms with Gasteiger partial charge in [-0.05, 0) is 18.4 Å². The minimum absolute atomic E-state index is 0.0156. The van der Waals surface area contributed by atoms with E-state index in [0.29, 0.717) is 0 Å². The van der Waals surface area contributed by atoms with Crippen LogP contribution in [0.15, 0.2) is 12.2 Å². The second-order valence-corrected chi connectivity index (χ2v) is 3.27. The summed E-state index contributed by atoms with van der Waals surface area (Å²) in [5, 5.41) is 18.3. The van der Waals surface area contributed by atoms with E-state index in [4.69, 9.17) is 5.11 Å². The van der Waals surface area contributed by atoms with E-state index in [-0.39, 0.29) is 18.6 Å². The maximum Gasteiger partial charge on any atom is 0.0642 e. The van der Waals surface area contributed by atoms with Crippen molar-refractivity contribution in [1.82, 2.24) is 0 Å². The molecule has 2 N–H and O–H groups in total. The first-order chi connectivity index (χ1) is 5.25. The molecule has 0 aromatic rings. The Labute approximate surface area is 67.6 Å². The van der Waals surface area contributed by atoms with Crippen LogP contribution in [0.5, 0.6) is 0 Å². The highest BCUT2D eigenvalue weighted by Gasteiger charge is 2.24. The van der Waals surface area contributed by atoms with Crippen molar-refractivity contribution in [2.24, 2.45) is 5.92 Å². The van der Waals surface area contributed by atoms with Crippen molar-refractivity contribution in [2.45, 2.75) is 31.8 Å². The van der Waals surface area contributed by atoms with Crippen molar-refractivity contribution in [2.75, 3.05) is 6.61 Å². The second kappa shape index (κ2) is 3.88. The Balaban J connectivity index is 2.47. The third-order valence-electron chi connectivity index (χ3n) is 2.46. The Morgan fingerprint density at radius 2 is 2.00 bits per heavy atom. The van der Waals surface area contributed by atoms with E-state index in [0.717, 1.165) is 31.3 Å². The molecule has 1 aliphatic carbocycles. The molecular formula is C9H16O2. The summed E-state index contributed by atoms with van der Waals surface area (Å²) in [6, 6.07) is 0. The van der Waals surface area contributed by atoms with E-state index < -0.39 is 0 Å². The zero-order chi connectivity index (χ0) is 8.27. The van der Waals surface area contributed by atoms with Crippen molar-refractivity contribution in [3.8, 4) is 0 Å². The predicted molar refractivity (Wildman–Crippen MR) is 44.2 cm³/mol. The molecule has 1 fully saturated rings. The van der Waals surface area contributed by atoms with Gasteiger partial charge in [0.15, 0.2) is 0 Å².